The highest BCUT2D eigenvalue weighted by atomic mass is 32.2. The zero-order valence-corrected chi connectivity index (χ0v) is 13.1. The predicted octanol–water partition coefficient (Wildman–Crippen LogP) is 3.52. The van der Waals surface area contributed by atoms with E-state index in [4.69, 9.17) is 10.3 Å². The fraction of sp³-hybridized carbons (Fsp3) is 0.467. The molecule has 2 aromatic rings. The summed E-state index contributed by atoms with van der Waals surface area (Å²) >= 11 is 1.36. The minimum atomic E-state index is -0.256. The van der Waals surface area contributed by atoms with E-state index in [1.165, 1.54) is 17.8 Å². The minimum absolute atomic E-state index is 0.232. The molecule has 0 spiro atoms. The first-order valence-corrected chi connectivity index (χ1v) is 8.04. The summed E-state index contributed by atoms with van der Waals surface area (Å²) in [7, 11) is 0. The van der Waals surface area contributed by atoms with Gasteiger partial charge in [0.25, 0.3) is 0 Å². The maximum Gasteiger partial charge on any atom is 0.234 e. The van der Waals surface area contributed by atoms with E-state index >= 15 is 0 Å². The van der Waals surface area contributed by atoms with Crippen LogP contribution in [-0.2, 0) is 11.2 Å². The van der Waals surface area contributed by atoms with Crippen molar-refractivity contribution in [2.45, 2.75) is 42.8 Å². The van der Waals surface area contributed by atoms with E-state index in [-0.39, 0.29) is 11.2 Å². The largest absolute Gasteiger partial charge is 0.339 e. The number of halogens is 1. The second kappa shape index (κ2) is 7.04. The summed E-state index contributed by atoms with van der Waals surface area (Å²) in [4.78, 5) is 5.02. The summed E-state index contributed by atoms with van der Waals surface area (Å²) in [5.41, 5.74) is 5.62. The molecule has 114 valence electrons. The molecule has 1 heterocycles. The van der Waals surface area contributed by atoms with Crippen molar-refractivity contribution in [1.82, 2.24) is 10.1 Å². The summed E-state index contributed by atoms with van der Waals surface area (Å²) in [5, 5.41) is 3.99. The van der Waals surface area contributed by atoms with E-state index in [0.717, 1.165) is 12.8 Å². The summed E-state index contributed by atoms with van der Waals surface area (Å²) in [5.74, 6) is 1.39. The normalized spacial score (nSPS) is 11.8. The van der Waals surface area contributed by atoms with Crippen molar-refractivity contribution in [3.05, 3.63) is 41.8 Å². The molecule has 4 nitrogen and oxygen atoms in total. The monoisotopic (exact) mass is 309 g/mol. The highest BCUT2D eigenvalue weighted by Gasteiger charge is 2.33. The van der Waals surface area contributed by atoms with Crippen molar-refractivity contribution in [2.75, 3.05) is 6.54 Å². The zero-order valence-electron chi connectivity index (χ0n) is 12.3. The number of nitrogens with two attached hydrogens (primary N) is 1. The summed E-state index contributed by atoms with van der Waals surface area (Å²) in [6.45, 7) is 4.60. The molecule has 0 saturated carbocycles. The predicted molar refractivity (Wildman–Crippen MR) is 81.6 cm³/mol. The van der Waals surface area contributed by atoms with Crippen LogP contribution in [0.2, 0.25) is 0 Å². The van der Waals surface area contributed by atoms with Crippen LogP contribution in [0.4, 0.5) is 4.39 Å². The molecule has 1 aromatic carbocycles. The van der Waals surface area contributed by atoms with Gasteiger partial charge >= 0.3 is 0 Å². The Kier molecular flexibility index (Phi) is 5.36. The first-order chi connectivity index (χ1) is 10.1. The Hall–Kier alpha value is -1.40. The Morgan fingerprint density at radius 2 is 2.00 bits per heavy atom. The van der Waals surface area contributed by atoms with Crippen molar-refractivity contribution >= 4 is 11.8 Å². The van der Waals surface area contributed by atoms with Gasteiger partial charge in [-0.05, 0) is 25.0 Å². The van der Waals surface area contributed by atoms with Crippen LogP contribution in [0.25, 0.3) is 0 Å². The van der Waals surface area contributed by atoms with E-state index in [1.807, 2.05) is 0 Å². The molecular weight excluding hydrogens is 289 g/mol. The first kappa shape index (κ1) is 16.0. The molecule has 0 radical (unpaired) electrons. The van der Waals surface area contributed by atoms with Gasteiger partial charge < -0.3 is 10.3 Å². The lowest BCUT2D eigenvalue weighted by Gasteiger charge is -2.24. The summed E-state index contributed by atoms with van der Waals surface area (Å²) in [6, 6.07) is 6.66. The van der Waals surface area contributed by atoms with Crippen molar-refractivity contribution in [1.29, 1.82) is 0 Å². The van der Waals surface area contributed by atoms with E-state index in [0.29, 0.717) is 28.9 Å². The highest BCUT2D eigenvalue weighted by Crippen LogP contribution is 2.30. The molecule has 0 unspecified atom stereocenters. The van der Waals surface area contributed by atoms with E-state index in [1.54, 1.807) is 18.2 Å². The average molecular weight is 309 g/mol. The highest BCUT2D eigenvalue weighted by molar-refractivity contribution is 7.98. The molecule has 0 atom stereocenters. The number of thioether (sulfide) groups is 1. The number of aromatic nitrogens is 2. The van der Waals surface area contributed by atoms with Crippen LogP contribution in [0.15, 0.2) is 33.7 Å². The summed E-state index contributed by atoms with van der Waals surface area (Å²) in [6.07, 6.45) is 1.70. The van der Waals surface area contributed by atoms with Crippen LogP contribution in [-0.4, -0.2) is 16.7 Å². The van der Waals surface area contributed by atoms with Crippen LogP contribution in [0.3, 0.4) is 0 Å². The number of nitrogens with zero attached hydrogens (tertiary/aromatic N) is 2. The molecule has 6 heteroatoms. The lowest BCUT2D eigenvalue weighted by molar-refractivity contribution is 0.266. The maximum atomic E-state index is 13.5. The van der Waals surface area contributed by atoms with Gasteiger partial charge in [-0.15, -0.1) is 11.8 Å². The van der Waals surface area contributed by atoms with E-state index in [2.05, 4.69) is 24.0 Å². The average Bonchev–Trinajstić information content (AvgIpc) is 2.98. The Labute approximate surface area is 128 Å². The molecule has 1 aromatic heterocycles. The minimum Gasteiger partial charge on any atom is -0.339 e. The standard InChI is InChI=1S/C15H20FN3OS/c1-3-15(4-2,10-17)14-18-13(19-20-14)9-21-12-8-6-5-7-11(12)16/h5-8H,3-4,9-10,17H2,1-2H3. The Bertz CT molecular complexity index is 576. The van der Waals surface area contributed by atoms with Crippen molar-refractivity contribution in [2.24, 2.45) is 5.73 Å². The number of benzene rings is 1. The van der Waals surface area contributed by atoms with Crippen LogP contribution in [0.1, 0.15) is 38.4 Å². The summed E-state index contributed by atoms with van der Waals surface area (Å²) < 4.78 is 18.9. The zero-order chi connectivity index (χ0) is 15.3. The van der Waals surface area contributed by atoms with Crippen LogP contribution < -0.4 is 5.73 Å². The fourth-order valence-electron chi connectivity index (χ4n) is 2.16. The second-order valence-corrected chi connectivity index (χ2v) is 5.94. The van der Waals surface area contributed by atoms with Crippen molar-refractivity contribution in [3.8, 4) is 0 Å². The molecule has 0 amide bonds. The van der Waals surface area contributed by atoms with Crippen LogP contribution in [0, 0.1) is 5.82 Å². The van der Waals surface area contributed by atoms with Gasteiger partial charge in [0.15, 0.2) is 5.82 Å². The Morgan fingerprint density at radius 1 is 1.29 bits per heavy atom. The smallest absolute Gasteiger partial charge is 0.234 e. The molecule has 0 aliphatic heterocycles. The number of hydrogen-bond acceptors (Lipinski definition) is 5. The molecule has 21 heavy (non-hydrogen) atoms. The van der Waals surface area contributed by atoms with Crippen molar-refractivity contribution < 1.29 is 8.91 Å². The van der Waals surface area contributed by atoms with Crippen molar-refractivity contribution in [3.63, 3.8) is 0 Å². The first-order valence-electron chi connectivity index (χ1n) is 7.05. The quantitative estimate of drug-likeness (QED) is 0.793. The van der Waals surface area contributed by atoms with Gasteiger partial charge in [-0.25, -0.2) is 4.39 Å². The molecule has 2 rings (SSSR count). The number of hydrogen-bond donors (Lipinski definition) is 1. The Morgan fingerprint density at radius 3 is 2.62 bits per heavy atom. The van der Waals surface area contributed by atoms with Gasteiger partial charge in [-0.1, -0.05) is 31.1 Å². The molecule has 0 aliphatic carbocycles. The van der Waals surface area contributed by atoms with Gasteiger partial charge in [-0.3, -0.25) is 0 Å². The third kappa shape index (κ3) is 3.44. The van der Waals surface area contributed by atoms with Crippen LogP contribution >= 0.6 is 11.8 Å². The lowest BCUT2D eigenvalue weighted by atomic mass is 9.82. The molecule has 0 saturated heterocycles. The molecule has 2 N–H and O–H groups in total. The Balaban J connectivity index is 2.08. The maximum absolute atomic E-state index is 13.5. The third-order valence-electron chi connectivity index (χ3n) is 3.86. The molecular formula is C15H20FN3OS. The van der Waals surface area contributed by atoms with Gasteiger partial charge in [0.2, 0.25) is 5.89 Å². The van der Waals surface area contributed by atoms with Crippen LogP contribution in [0.5, 0.6) is 0 Å². The van der Waals surface area contributed by atoms with E-state index < -0.39 is 0 Å². The molecule has 0 aliphatic rings. The van der Waals surface area contributed by atoms with Gasteiger partial charge in [0, 0.05) is 11.4 Å². The third-order valence-corrected chi connectivity index (χ3v) is 4.90. The molecule has 0 fully saturated rings. The van der Waals surface area contributed by atoms with E-state index in [9.17, 15) is 4.39 Å². The van der Waals surface area contributed by atoms with Gasteiger partial charge in [-0.2, -0.15) is 4.98 Å². The fourth-order valence-corrected chi connectivity index (χ4v) is 2.94. The SMILES string of the molecule is CCC(CC)(CN)c1nc(CSc2ccccc2F)no1. The van der Waals surface area contributed by atoms with Gasteiger partial charge in [0.1, 0.15) is 5.82 Å². The molecule has 0 bridgehead atoms. The second-order valence-electron chi connectivity index (χ2n) is 4.93. The topological polar surface area (TPSA) is 64.9 Å². The lowest BCUT2D eigenvalue weighted by Crippen LogP contribution is -2.34. The number of rotatable bonds is 7. The van der Waals surface area contributed by atoms with Gasteiger partial charge in [0.05, 0.1) is 11.2 Å².